The molecule has 0 aliphatic carbocycles. The maximum atomic E-state index is 11.8. The van der Waals surface area contributed by atoms with Crippen molar-refractivity contribution in [3.8, 4) is 0 Å². The molecule has 0 saturated carbocycles. The van der Waals surface area contributed by atoms with E-state index in [1.165, 1.54) is 13.1 Å². The monoisotopic (exact) mass is 309 g/mol. The molecular formula is C13H19N5O2S. The summed E-state index contributed by atoms with van der Waals surface area (Å²) in [6, 6.07) is 4.61. The third kappa shape index (κ3) is 3.96. The molecule has 1 aromatic carbocycles. The van der Waals surface area contributed by atoms with Gasteiger partial charge in [-0.1, -0.05) is 0 Å². The molecule has 0 atom stereocenters. The van der Waals surface area contributed by atoms with Gasteiger partial charge in [0.25, 0.3) is 0 Å². The van der Waals surface area contributed by atoms with Crippen molar-refractivity contribution < 1.29 is 8.42 Å². The van der Waals surface area contributed by atoms with Crippen LogP contribution < -0.4 is 15.8 Å². The summed E-state index contributed by atoms with van der Waals surface area (Å²) in [5.41, 5.74) is 7.00. The van der Waals surface area contributed by atoms with E-state index in [9.17, 15) is 8.42 Å². The minimum absolute atomic E-state index is 0.191. The second kappa shape index (κ2) is 6.59. The zero-order chi connectivity index (χ0) is 15.3. The minimum Gasteiger partial charge on any atom is -0.397 e. The molecule has 0 spiro atoms. The Kier molecular flexibility index (Phi) is 4.81. The predicted molar refractivity (Wildman–Crippen MR) is 82.4 cm³/mol. The summed E-state index contributed by atoms with van der Waals surface area (Å²) in [7, 11) is -2.08. The highest BCUT2D eigenvalue weighted by Crippen LogP contribution is 2.22. The summed E-state index contributed by atoms with van der Waals surface area (Å²) in [6.45, 7) is 1.52. The van der Waals surface area contributed by atoms with Crippen LogP contribution in [0.1, 0.15) is 6.42 Å². The van der Waals surface area contributed by atoms with Crippen LogP contribution in [0.15, 0.2) is 41.8 Å². The molecular weight excluding hydrogens is 290 g/mol. The van der Waals surface area contributed by atoms with Gasteiger partial charge in [0.05, 0.1) is 22.6 Å². The summed E-state index contributed by atoms with van der Waals surface area (Å²) in [6.07, 6.45) is 6.26. The van der Waals surface area contributed by atoms with E-state index < -0.39 is 10.0 Å². The molecule has 1 heterocycles. The van der Waals surface area contributed by atoms with Crippen molar-refractivity contribution in [1.29, 1.82) is 0 Å². The van der Waals surface area contributed by atoms with Crippen LogP contribution in [0.25, 0.3) is 0 Å². The van der Waals surface area contributed by atoms with Crippen LogP contribution >= 0.6 is 0 Å². The Bertz CT molecular complexity index is 683. The van der Waals surface area contributed by atoms with Crippen molar-refractivity contribution in [2.45, 2.75) is 17.9 Å². The Hall–Kier alpha value is -2.06. The van der Waals surface area contributed by atoms with Gasteiger partial charge in [-0.25, -0.2) is 18.1 Å². The van der Waals surface area contributed by atoms with E-state index in [-0.39, 0.29) is 4.90 Å². The standard InChI is InChI=1S/C13H19N5O2S/c1-15-21(19,20)11-3-4-12(14)13(9-11)17-5-2-7-18-8-6-16-10-18/h3-4,6,8-10,15,17H,2,5,7,14H2,1H3. The third-order valence-electron chi connectivity index (χ3n) is 3.07. The number of nitrogen functional groups attached to an aromatic ring is 1. The first kappa shape index (κ1) is 15.3. The van der Waals surface area contributed by atoms with Crippen LogP contribution in [-0.4, -0.2) is 31.6 Å². The number of aryl methyl sites for hydroxylation is 1. The first-order chi connectivity index (χ1) is 10.0. The molecule has 0 bridgehead atoms. The van der Waals surface area contributed by atoms with E-state index in [4.69, 9.17) is 5.73 Å². The Morgan fingerprint density at radius 3 is 2.86 bits per heavy atom. The first-order valence-corrected chi connectivity index (χ1v) is 8.04. The molecule has 2 aromatic rings. The number of anilines is 2. The number of nitrogens with zero attached hydrogens (tertiary/aromatic N) is 2. The Balaban J connectivity index is 1.97. The molecule has 0 amide bonds. The number of hydrogen-bond donors (Lipinski definition) is 3. The van der Waals surface area contributed by atoms with Gasteiger partial charge in [-0.05, 0) is 31.7 Å². The number of imidazole rings is 1. The number of hydrogen-bond acceptors (Lipinski definition) is 5. The number of aromatic nitrogens is 2. The van der Waals surface area contributed by atoms with Gasteiger partial charge in [-0.2, -0.15) is 0 Å². The lowest BCUT2D eigenvalue weighted by molar-refractivity contribution is 0.588. The number of rotatable bonds is 7. The Morgan fingerprint density at radius 2 is 2.19 bits per heavy atom. The molecule has 2 rings (SSSR count). The second-order valence-corrected chi connectivity index (χ2v) is 6.42. The zero-order valence-electron chi connectivity index (χ0n) is 11.8. The van der Waals surface area contributed by atoms with Crippen LogP contribution in [0, 0.1) is 0 Å². The molecule has 0 aliphatic rings. The number of nitrogens with two attached hydrogens (primary N) is 1. The van der Waals surface area contributed by atoms with Gasteiger partial charge in [-0.15, -0.1) is 0 Å². The SMILES string of the molecule is CNS(=O)(=O)c1ccc(N)c(NCCCn2ccnc2)c1. The maximum absolute atomic E-state index is 11.8. The third-order valence-corrected chi connectivity index (χ3v) is 4.48. The Morgan fingerprint density at radius 1 is 1.38 bits per heavy atom. The molecule has 0 fully saturated rings. The van der Waals surface area contributed by atoms with Gasteiger partial charge in [0, 0.05) is 25.5 Å². The molecule has 7 nitrogen and oxygen atoms in total. The Labute approximate surface area is 124 Å². The highest BCUT2D eigenvalue weighted by molar-refractivity contribution is 7.89. The van der Waals surface area contributed by atoms with Crippen LogP contribution in [0.5, 0.6) is 0 Å². The van der Waals surface area contributed by atoms with Gasteiger partial charge in [-0.3, -0.25) is 0 Å². The molecule has 0 aliphatic heterocycles. The van der Waals surface area contributed by atoms with Crippen molar-refractivity contribution in [3.63, 3.8) is 0 Å². The highest BCUT2D eigenvalue weighted by atomic mass is 32.2. The molecule has 0 unspecified atom stereocenters. The normalized spacial score (nSPS) is 11.5. The number of benzene rings is 1. The van der Waals surface area contributed by atoms with Crippen molar-refractivity contribution in [2.24, 2.45) is 0 Å². The van der Waals surface area contributed by atoms with Gasteiger partial charge >= 0.3 is 0 Å². The van der Waals surface area contributed by atoms with Crippen molar-refractivity contribution >= 4 is 21.4 Å². The van der Waals surface area contributed by atoms with E-state index in [2.05, 4.69) is 15.0 Å². The molecule has 114 valence electrons. The summed E-state index contributed by atoms with van der Waals surface area (Å²) in [4.78, 5) is 4.16. The van der Waals surface area contributed by atoms with Crippen LogP contribution in [0.2, 0.25) is 0 Å². The number of nitrogens with one attached hydrogen (secondary N) is 2. The highest BCUT2D eigenvalue weighted by Gasteiger charge is 2.12. The lowest BCUT2D eigenvalue weighted by Gasteiger charge is -2.11. The summed E-state index contributed by atoms with van der Waals surface area (Å²) < 4.78 is 27.8. The zero-order valence-corrected chi connectivity index (χ0v) is 12.6. The van der Waals surface area contributed by atoms with Crippen LogP contribution in [0.3, 0.4) is 0 Å². The number of sulfonamides is 1. The predicted octanol–water partition coefficient (Wildman–Crippen LogP) is 0.876. The molecule has 4 N–H and O–H groups in total. The fourth-order valence-corrected chi connectivity index (χ4v) is 2.63. The van der Waals surface area contributed by atoms with Gasteiger partial charge in [0.1, 0.15) is 0 Å². The molecule has 8 heteroatoms. The van der Waals surface area contributed by atoms with E-state index in [1.807, 2.05) is 10.8 Å². The van der Waals surface area contributed by atoms with E-state index in [0.29, 0.717) is 17.9 Å². The molecule has 0 radical (unpaired) electrons. The molecule has 0 saturated heterocycles. The quantitative estimate of drug-likeness (QED) is 0.520. The van der Waals surface area contributed by atoms with Gasteiger partial charge < -0.3 is 15.6 Å². The van der Waals surface area contributed by atoms with Crippen molar-refractivity contribution in [2.75, 3.05) is 24.6 Å². The van der Waals surface area contributed by atoms with E-state index >= 15 is 0 Å². The second-order valence-electron chi connectivity index (χ2n) is 4.54. The average molecular weight is 309 g/mol. The maximum Gasteiger partial charge on any atom is 0.240 e. The topological polar surface area (TPSA) is 102 Å². The van der Waals surface area contributed by atoms with E-state index in [1.54, 1.807) is 24.7 Å². The lowest BCUT2D eigenvalue weighted by Crippen LogP contribution is -2.19. The smallest absolute Gasteiger partial charge is 0.240 e. The van der Waals surface area contributed by atoms with Crippen molar-refractivity contribution in [1.82, 2.24) is 14.3 Å². The fourth-order valence-electron chi connectivity index (χ4n) is 1.88. The fraction of sp³-hybridized carbons (Fsp3) is 0.308. The van der Waals surface area contributed by atoms with Crippen LogP contribution in [0.4, 0.5) is 11.4 Å². The largest absolute Gasteiger partial charge is 0.397 e. The lowest BCUT2D eigenvalue weighted by atomic mass is 10.2. The minimum atomic E-state index is -3.46. The van der Waals surface area contributed by atoms with Crippen molar-refractivity contribution in [3.05, 3.63) is 36.9 Å². The van der Waals surface area contributed by atoms with Gasteiger partial charge in [0.15, 0.2) is 0 Å². The van der Waals surface area contributed by atoms with E-state index in [0.717, 1.165) is 13.0 Å². The van der Waals surface area contributed by atoms with Gasteiger partial charge in [0.2, 0.25) is 10.0 Å². The first-order valence-electron chi connectivity index (χ1n) is 6.55. The summed E-state index contributed by atoms with van der Waals surface area (Å²) in [5, 5.41) is 3.16. The molecule has 21 heavy (non-hydrogen) atoms. The average Bonchev–Trinajstić information content (AvgIpc) is 2.98. The summed E-state index contributed by atoms with van der Waals surface area (Å²) >= 11 is 0. The summed E-state index contributed by atoms with van der Waals surface area (Å²) in [5.74, 6) is 0. The molecule has 1 aromatic heterocycles. The van der Waals surface area contributed by atoms with Crippen LogP contribution in [-0.2, 0) is 16.6 Å².